The van der Waals surface area contributed by atoms with Gasteiger partial charge in [0.1, 0.15) is 11.2 Å². The molecule has 3 aromatic heterocycles. The predicted molar refractivity (Wildman–Crippen MR) is 103 cm³/mol. The molecule has 0 unspecified atom stereocenters. The van der Waals surface area contributed by atoms with E-state index >= 15 is 0 Å². The van der Waals surface area contributed by atoms with E-state index in [9.17, 15) is 4.79 Å². The van der Waals surface area contributed by atoms with Crippen LogP contribution in [-0.2, 0) is 0 Å². The van der Waals surface area contributed by atoms with Crippen molar-refractivity contribution in [3.63, 3.8) is 0 Å². The molecule has 2 aromatic carbocycles. The molecule has 0 bridgehead atoms. The van der Waals surface area contributed by atoms with Crippen LogP contribution in [0, 0.1) is 0 Å². The number of benzene rings is 2. The summed E-state index contributed by atoms with van der Waals surface area (Å²) in [5.41, 5.74) is 2.79. The van der Waals surface area contributed by atoms with Gasteiger partial charge in [-0.2, -0.15) is 0 Å². The summed E-state index contributed by atoms with van der Waals surface area (Å²) >= 11 is 0. The van der Waals surface area contributed by atoms with Gasteiger partial charge in [0.05, 0.1) is 17.5 Å². The Hall–Kier alpha value is -4.00. The molecule has 1 amide bonds. The van der Waals surface area contributed by atoms with E-state index in [0.29, 0.717) is 11.6 Å². The van der Waals surface area contributed by atoms with Gasteiger partial charge in [0.15, 0.2) is 0 Å². The molecule has 0 atom stereocenters. The van der Waals surface area contributed by atoms with E-state index < -0.39 is 0 Å². The fraction of sp³-hybridized carbons (Fsp3) is 0. The highest BCUT2D eigenvalue weighted by atomic mass is 16.2. The quantitative estimate of drug-likeness (QED) is 0.519. The molecule has 0 aliphatic heterocycles. The Bertz CT molecular complexity index is 1270. The molecule has 0 spiro atoms. The minimum absolute atomic E-state index is 0.316. The number of aromatic amines is 1. The van der Waals surface area contributed by atoms with Crippen molar-refractivity contribution in [1.29, 1.82) is 0 Å². The predicted octanol–water partition coefficient (Wildman–Crippen LogP) is 3.55. The van der Waals surface area contributed by atoms with Crippen molar-refractivity contribution in [2.24, 2.45) is 0 Å². The van der Waals surface area contributed by atoms with Gasteiger partial charge >= 0.3 is 0 Å². The molecule has 0 saturated heterocycles. The first-order chi connectivity index (χ1) is 13.3. The van der Waals surface area contributed by atoms with E-state index in [-0.39, 0.29) is 5.91 Å². The number of para-hydroxylation sites is 1. The standard InChI is InChI=1S/C20H14N6O/c27-19(16-10-13-4-1-2-5-14(13)11-22-16)25-20-23-15-6-3-7-17(18(15)24-20)26-9-8-21-12-26/h1-12H,(H2,23,24,25,27). The van der Waals surface area contributed by atoms with Gasteiger partial charge in [-0.15, -0.1) is 0 Å². The second-order valence-corrected chi connectivity index (χ2v) is 6.10. The lowest BCUT2D eigenvalue weighted by molar-refractivity contribution is 0.102. The molecular formula is C20H14N6O. The number of amides is 1. The van der Waals surface area contributed by atoms with Crippen LogP contribution in [0.4, 0.5) is 5.95 Å². The molecule has 5 rings (SSSR count). The largest absolute Gasteiger partial charge is 0.324 e. The Morgan fingerprint density at radius 3 is 2.81 bits per heavy atom. The second-order valence-electron chi connectivity index (χ2n) is 6.10. The zero-order valence-electron chi connectivity index (χ0n) is 14.1. The van der Waals surface area contributed by atoms with E-state index in [2.05, 4.69) is 25.3 Å². The van der Waals surface area contributed by atoms with Gasteiger partial charge in [-0.3, -0.25) is 15.1 Å². The van der Waals surface area contributed by atoms with Crippen molar-refractivity contribution in [3.05, 3.63) is 79.1 Å². The fourth-order valence-electron chi connectivity index (χ4n) is 3.07. The van der Waals surface area contributed by atoms with Crippen molar-refractivity contribution in [1.82, 2.24) is 24.5 Å². The molecule has 0 aliphatic rings. The molecular weight excluding hydrogens is 340 g/mol. The van der Waals surface area contributed by atoms with Crippen molar-refractivity contribution in [3.8, 4) is 5.69 Å². The van der Waals surface area contributed by atoms with Gasteiger partial charge in [-0.25, -0.2) is 9.97 Å². The summed E-state index contributed by atoms with van der Waals surface area (Å²) in [5.74, 6) is 0.0570. The number of imidazole rings is 2. The number of rotatable bonds is 3. The number of hydrogen-bond acceptors (Lipinski definition) is 4. The summed E-state index contributed by atoms with van der Waals surface area (Å²) < 4.78 is 1.87. The smallest absolute Gasteiger partial charge is 0.276 e. The minimum Gasteiger partial charge on any atom is -0.324 e. The molecule has 130 valence electrons. The van der Waals surface area contributed by atoms with E-state index in [1.807, 2.05) is 53.2 Å². The zero-order valence-corrected chi connectivity index (χ0v) is 14.1. The maximum absolute atomic E-state index is 12.6. The Morgan fingerprint density at radius 2 is 1.96 bits per heavy atom. The van der Waals surface area contributed by atoms with E-state index in [4.69, 9.17) is 0 Å². The average Bonchev–Trinajstić information content (AvgIpc) is 3.36. The van der Waals surface area contributed by atoms with Crippen LogP contribution in [-0.4, -0.2) is 30.4 Å². The molecule has 5 aromatic rings. The maximum atomic E-state index is 12.6. The Labute approximate surface area is 153 Å². The zero-order chi connectivity index (χ0) is 18.2. The maximum Gasteiger partial charge on any atom is 0.276 e. The first-order valence-corrected chi connectivity index (χ1v) is 8.41. The second kappa shape index (κ2) is 6.06. The Morgan fingerprint density at radius 1 is 1.07 bits per heavy atom. The van der Waals surface area contributed by atoms with Crippen LogP contribution >= 0.6 is 0 Å². The molecule has 7 nitrogen and oxygen atoms in total. The van der Waals surface area contributed by atoms with Crippen LogP contribution in [0.3, 0.4) is 0 Å². The summed E-state index contributed by atoms with van der Waals surface area (Å²) in [6, 6.07) is 15.3. The third-order valence-electron chi connectivity index (χ3n) is 4.37. The molecule has 0 fully saturated rings. The Balaban J connectivity index is 1.48. The lowest BCUT2D eigenvalue weighted by Gasteiger charge is -2.03. The molecule has 0 saturated carbocycles. The van der Waals surface area contributed by atoms with Crippen LogP contribution in [0.2, 0.25) is 0 Å². The van der Waals surface area contributed by atoms with Gasteiger partial charge in [-0.05, 0) is 23.6 Å². The molecule has 0 radical (unpaired) electrons. The van der Waals surface area contributed by atoms with E-state index in [1.54, 1.807) is 24.8 Å². The summed E-state index contributed by atoms with van der Waals surface area (Å²) in [6.45, 7) is 0. The summed E-state index contributed by atoms with van der Waals surface area (Å²) in [6.07, 6.45) is 6.96. The van der Waals surface area contributed by atoms with Gasteiger partial charge in [0, 0.05) is 24.0 Å². The average molecular weight is 354 g/mol. The SMILES string of the molecule is O=C(Nc1nc2c(-n3ccnc3)cccc2[nH]1)c1cc2ccccc2cn1. The topological polar surface area (TPSA) is 88.5 Å². The first kappa shape index (κ1) is 15.3. The lowest BCUT2D eigenvalue weighted by atomic mass is 10.1. The van der Waals surface area contributed by atoms with Gasteiger partial charge < -0.3 is 9.55 Å². The highest BCUT2D eigenvalue weighted by Gasteiger charge is 2.13. The number of hydrogen-bond donors (Lipinski definition) is 2. The fourth-order valence-corrected chi connectivity index (χ4v) is 3.07. The summed E-state index contributed by atoms with van der Waals surface area (Å²) in [4.78, 5) is 28.6. The highest BCUT2D eigenvalue weighted by Crippen LogP contribution is 2.22. The monoisotopic (exact) mass is 354 g/mol. The number of H-pyrrole nitrogens is 1. The molecule has 3 heterocycles. The number of carbonyl (C=O) groups is 1. The normalized spacial score (nSPS) is 11.1. The lowest BCUT2D eigenvalue weighted by Crippen LogP contribution is -2.14. The molecule has 7 heteroatoms. The third kappa shape index (κ3) is 2.71. The number of aromatic nitrogens is 5. The molecule has 2 N–H and O–H groups in total. The van der Waals surface area contributed by atoms with Crippen molar-refractivity contribution < 1.29 is 4.79 Å². The van der Waals surface area contributed by atoms with E-state index in [0.717, 1.165) is 27.5 Å². The van der Waals surface area contributed by atoms with Crippen molar-refractivity contribution in [2.45, 2.75) is 0 Å². The first-order valence-electron chi connectivity index (χ1n) is 8.41. The summed E-state index contributed by atoms with van der Waals surface area (Å²) in [7, 11) is 0. The van der Waals surface area contributed by atoms with E-state index in [1.165, 1.54) is 0 Å². The molecule has 0 aliphatic carbocycles. The minimum atomic E-state index is -0.316. The number of anilines is 1. The van der Waals surface area contributed by atoms with Crippen LogP contribution in [0.5, 0.6) is 0 Å². The number of fused-ring (bicyclic) bond motifs is 2. The van der Waals surface area contributed by atoms with Crippen LogP contribution in [0.15, 0.2) is 73.4 Å². The number of nitrogens with zero attached hydrogens (tertiary/aromatic N) is 4. The van der Waals surface area contributed by atoms with Gasteiger partial charge in [0.25, 0.3) is 5.91 Å². The van der Waals surface area contributed by atoms with Crippen LogP contribution < -0.4 is 5.32 Å². The number of nitrogens with one attached hydrogen (secondary N) is 2. The number of pyridine rings is 1. The Kier molecular flexibility index (Phi) is 3.43. The summed E-state index contributed by atoms with van der Waals surface area (Å²) in [5, 5.41) is 4.74. The van der Waals surface area contributed by atoms with Crippen molar-refractivity contribution >= 4 is 33.7 Å². The van der Waals surface area contributed by atoms with Crippen LogP contribution in [0.1, 0.15) is 10.5 Å². The third-order valence-corrected chi connectivity index (χ3v) is 4.37. The van der Waals surface area contributed by atoms with Crippen LogP contribution in [0.25, 0.3) is 27.5 Å². The molecule has 27 heavy (non-hydrogen) atoms. The van der Waals surface area contributed by atoms with Gasteiger partial charge in [-0.1, -0.05) is 30.3 Å². The number of carbonyl (C=O) groups excluding carboxylic acids is 1. The van der Waals surface area contributed by atoms with Gasteiger partial charge in [0.2, 0.25) is 5.95 Å². The van der Waals surface area contributed by atoms with Crippen molar-refractivity contribution in [2.75, 3.05) is 5.32 Å². The highest BCUT2D eigenvalue weighted by molar-refractivity contribution is 6.04.